The second kappa shape index (κ2) is 5.71. The average Bonchev–Trinajstić information content (AvgIpc) is 2.39. The van der Waals surface area contributed by atoms with Crippen molar-refractivity contribution < 1.29 is 4.79 Å². The third-order valence-corrected chi connectivity index (χ3v) is 3.05. The van der Waals surface area contributed by atoms with Crippen molar-refractivity contribution in [1.29, 1.82) is 0 Å². The van der Waals surface area contributed by atoms with Gasteiger partial charge in [-0.3, -0.25) is 9.78 Å². The van der Waals surface area contributed by atoms with Gasteiger partial charge in [0.1, 0.15) is 0 Å². The van der Waals surface area contributed by atoms with E-state index in [0.29, 0.717) is 22.8 Å². The van der Waals surface area contributed by atoms with E-state index in [2.05, 4.69) is 4.98 Å². The van der Waals surface area contributed by atoms with Gasteiger partial charge in [0.2, 0.25) is 0 Å². The Labute approximate surface area is 116 Å². The van der Waals surface area contributed by atoms with Gasteiger partial charge in [0, 0.05) is 18.9 Å². The molecule has 0 aliphatic carbocycles. The van der Waals surface area contributed by atoms with Crippen LogP contribution in [-0.4, -0.2) is 22.8 Å². The molecule has 0 saturated carbocycles. The lowest BCUT2D eigenvalue weighted by Gasteiger charge is -2.18. The zero-order chi connectivity index (χ0) is 13.8. The van der Waals surface area contributed by atoms with Crippen molar-refractivity contribution in [2.24, 2.45) is 0 Å². The van der Waals surface area contributed by atoms with E-state index in [1.165, 1.54) is 0 Å². The quantitative estimate of drug-likeness (QED) is 0.876. The van der Waals surface area contributed by atoms with E-state index >= 15 is 0 Å². The largest absolute Gasteiger partial charge is 0.398 e. The lowest BCUT2D eigenvalue weighted by Crippen LogP contribution is -2.27. The minimum Gasteiger partial charge on any atom is -0.398 e. The SMILES string of the molecule is CN(Cc1ccccn1)C(=O)c1c(N)cccc1Cl. The summed E-state index contributed by atoms with van der Waals surface area (Å²) in [7, 11) is 1.69. The van der Waals surface area contributed by atoms with Gasteiger partial charge in [-0.25, -0.2) is 0 Å². The normalized spacial score (nSPS) is 10.2. The first-order chi connectivity index (χ1) is 9.09. The number of carbonyl (C=O) groups excluding carboxylic acids is 1. The molecule has 0 unspecified atom stereocenters. The molecule has 1 amide bonds. The summed E-state index contributed by atoms with van der Waals surface area (Å²) >= 11 is 6.03. The Hall–Kier alpha value is -2.07. The molecule has 0 radical (unpaired) electrons. The number of aromatic nitrogens is 1. The van der Waals surface area contributed by atoms with E-state index in [1.807, 2.05) is 18.2 Å². The molecule has 4 nitrogen and oxygen atoms in total. The zero-order valence-corrected chi connectivity index (χ0v) is 11.3. The van der Waals surface area contributed by atoms with Gasteiger partial charge in [0.15, 0.2) is 0 Å². The van der Waals surface area contributed by atoms with Crippen molar-refractivity contribution in [3.8, 4) is 0 Å². The van der Waals surface area contributed by atoms with Crippen LogP contribution in [0.2, 0.25) is 5.02 Å². The first kappa shape index (κ1) is 13.4. The van der Waals surface area contributed by atoms with Crippen LogP contribution in [0.1, 0.15) is 16.1 Å². The summed E-state index contributed by atoms with van der Waals surface area (Å²) in [6.45, 7) is 0.407. The molecule has 5 heteroatoms. The number of carbonyl (C=O) groups is 1. The van der Waals surface area contributed by atoms with Gasteiger partial charge in [-0.05, 0) is 24.3 Å². The van der Waals surface area contributed by atoms with Crippen LogP contribution in [0.15, 0.2) is 42.6 Å². The Morgan fingerprint density at radius 3 is 2.74 bits per heavy atom. The van der Waals surface area contributed by atoms with Crippen LogP contribution in [-0.2, 0) is 6.54 Å². The van der Waals surface area contributed by atoms with Gasteiger partial charge in [-0.15, -0.1) is 0 Å². The minimum atomic E-state index is -0.214. The smallest absolute Gasteiger partial charge is 0.257 e. The number of hydrogen-bond acceptors (Lipinski definition) is 3. The highest BCUT2D eigenvalue weighted by molar-refractivity contribution is 6.34. The molecule has 2 rings (SSSR count). The number of nitrogens with two attached hydrogens (primary N) is 1. The number of rotatable bonds is 3. The van der Waals surface area contributed by atoms with Crippen LogP contribution in [0.4, 0.5) is 5.69 Å². The molecule has 0 aliphatic rings. The highest BCUT2D eigenvalue weighted by Gasteiger charge is 2.18. The molecule has 98 valence electrons. The average molecular weight is 276 g/mol. The number of benzene rings is 1. The lowest BCUT2D eigenvalue weighted by atomic mass is 10.1. The number of halogens is 1. The van der Waals surface area contributed by atoms with Crippen LogP contribution in [0.5, 0.6) is 0 Å². The Kier molecular flexibility index (Phi) is 4.02. The third-order valence-electron chi connectivity index (χ3n) is 2.73. The summed E-state index contributed by atoms with van der Waals surface area (Å²) in [5.74, 6) is -0.214. The van der Waals surface area contributed by atoms with Crippen LogP contribution >= 0.6 is 11.6 Å². The van der Waals surface area contributed by atoms with Gasteiger partial charge >= 0.3 is 0 Å². The van der Waals surface area contributed by atoms with Gasteiger partial charge in [-0.2, -0.15) is 0 Å². The van der Waals surface area contributed by atoms with Crippen LogP contribution in [0, 0.1) is 0 Å². The van der Waals surface area contributed by atoms with Gasteiger partial charge in [-0.1, -0.05) is 23.7 Å². The minimum absolute atomic E-state index is 0.214. The monoisotopic (exact) mass is 275 g/mol. The number of amides is 1. The first-order valence-electron chi connectivity index (χ1n) is 5.79. The molecule has 0 saturated heterocycles. The Bertz CT molecular complexity index is 566. The molecule has 1 heterocycles. The van der Waals surface area contributed by atoms with Gasteiger partial charge < -0.3 is 10.6 Å². The molecule has 0 bridgehead atoms. The summed E-state index contributed by atoms with van der Waals surface area (Å²) in [5, 5.41) is 0.359. The Balaban J connectivity index is 2.20. The molecule has 0 atom stereocenters. The second-order valence-corrected chi connectivity index (χ2v) is 4.59. The highest BCUT2D eigenvalue weighted by atomic mass is 35.5. The third kappa shape index (κ3) is 3.03. The van der Waals surface area contributed by atoms with E-state index < -0.39 is 0 Å². The molecule has 0 aliphatic heterocycles. The summed E-state index contributed by atoms with van der Waals surface area (Å²) < 4.78 is 0. The molecule has 1 aromatic heterocycles. The fourth-order valence-corrected chi connectivity index (χ4v) is 2.03. The van der Waals surface area contributed by atoms with E-state index in [-0.39, 0.29) is 5.91 Å². The lowest BCUT2D eigenvalue weighted by molar-refractivity contribution is 0.0784. The maximum atomic E-state index is 12.3. The van der Waals surface area contributed by atoms with E-state index in [4.69, 9.17) is 17.3 Å². The predicted molar refractivity (Wildman–Crippen MR) is 75.9 cm³/mol. The first-order valence-corrected chi connectivity index (χ1v) is 6.16. The summed E-state index contributed by atoms with van der Waals surface area (Å²) in [4.78, 5) is 18.0. The number of nitrogen functional groups attached to an aromatic ring is 1. The van der Waals surface area contributed by atoms with Crippen molar-refractivity contribution in [3.05, 3.63) is 58.9 Å². The molecule has 0 spiro atoms. The maximum absolute atomic E-state index is 12.3. The Morgan fingerprint density at radius 2 is 2.11 bits per heavy atom. The number of pyridine rings is 1. The summed E-state index contributed by atoms with van der Waals surface area (Å²) in [5.41, 5.74) is 7.33. The molecule has 0 fully saturated rings. The van der Waals surface area contributed by atoms with Crippen LogP contribution < -0.4 is 5.73 Å². The standard InChI is InChI=1S/C14H14ClN3O/c1-18(9-10-5-2-3-8-17-10)14(19)13-11(15)6-4-7-12(13)16/h2-8H,9,16H2,1H3. The van der Waals surface area contributed by atoms with Crippen LogP contribution in [0.3, 0.4) is 0 Å². The van der Waals surface area contributed by atoms with Crippen molar-refractivity contribution in [2.45, 2.75) is 6.54 Å². The number of hydrogen-bond donors (Lipinski definition) is 1. The number of nitrogens with zero attached hydrogens (tertiary/aromatic N) is 2. The fourth-order valence-electron chi connectivity index (χ4n) is 1.76. The summed E-state index contributed by atoms with van der Waals surface area (Å²) in [6.07, 6.45) is 1.69. The molecule has 19 heavy (non-hydrogen) atoms. The van der Waals surface area contributed by atoms with Crippen molar-refractivity contribution in [1.82, 2.24) is 9.88 Å². The zero-order valence-electron chi connectivity index (χ0n) is 10.5. The molecule has 1 aromatic carbocycles. The van der Waals surface area contributed by atoms with E-state index in [9.17, 15) is 4.79 Å². The Morgan fingerprint density at radius 1 is 1.32 bits per heavy atom. The van der Waals surface area contributed by atoms with Gasteiger partial charge in [0.05, 0.1) is 22.8 Å². The van der Waals surface area contributed by atoms with E-state index in [1.54, 1.807) is 36.3 Å². The topological polar surface area (TPSA) is 59.2 Å². The second-order valence-electron chi connectivity index (χ2n) is 4.19. The van der Waals surface area contributed by atoms with Crippen molar-refractivity contribution in [2.75, 3.05) is 12.8 Å². The molecule has 2 aromatic rings. The molecule has 2 N–H and O–H groups in total. The highest BCUT2D eigenvalue weighted by Crippen LogP contribution is 2.23. The van der Waals surface area contributed by atoms with E-state index in [0.717, 1.165) is 5.69 Å². The molecular weight excluding hydrogens is 262 g/mol. The summed E-state index contributed by atoms with van der Waals surface area (Å²) in [6, 6.07) is 10.6. The maximum Gasteiger partial charge on any atom is 0.257 e. The molecular formula is C14H14ClN3O. The van der Waals surface area contributed by atoms with Crippen LogP contribution in [0.25, 0.3) is 0 Å². The fraction of sp³-hybridized carbons (Fsp3) is 0.143. The number of anilines is 1. The van der Waals surface area contributed by atoms with Crippen molar-refractivity contribution >= 4 is 23.2 Å². The predicted octanol–water partition coefficient (Wildman–Crippen LogP) is 2.59. The van der Waals surface area contributed by atoms with Gasteiger partial charge in [0.25, 0.3) is 5.91 Å². The van der Waals surface area contributed by atoms with Crippen molar-refractivity contribution in [3.63, 3.8) is 0 Å².